The Labute approximate surface area is 102 Å². The fourth-order valence-corrected chi connectivity index (χ4v) is 4.12. The van der Waals surface area contributed by atoms with Crippen LogP contribution in [0.1, 0.15) is 78.1 Å². The Morgan fingerprint density at radius 1 is 0.875 bits per heavy atom. The van der Waals surface area contributed by atoms with Gasteiger partial charge in [0.15, 0.2) is 0 Å². The van der Waals surface area contributed by atoms with E-state index in [1.807, 2.05) is 0 Å². The van der Waals surface area contributed by atoms with Gasteiger partial charge in [0.1, 0.15) is 0 Å². The molecule has 2 aliphatic rings. The highest BCUT2D eigenvalue weighted by Gasteiger charge is 2.31. The summed E-state index contributed by atoms with van der Waals surface area (Å²) in [6.45, 7) is 4.78. The lowest BCUT2D eigenvalue weighted by Gasteiger charge is -2.32. The third kappa shape index (κ3) is 3.25. The molecule has 0 aromatic rings. The van der Waals surface area contributed by atoms with E-state index in [4.69, 9.17) is 0 Å². The molecule has 2 atom stereocenters. The highest BCUT2D eigenvalue weighted by molar-refractivity contribution is 4.82. The van der Waals surface area contributed by atoms with E-state index >= 15 is 0 Å². The van der Waals surface area contributed by atoms with Crippen molar-refractivity contribution in [2.75, 3.05) is 0 Å². The minimum atomic E-state index is 1.03. The molecule has 0 aliphatic heterocycles. The summed E-state index contributed by atoms with van der Waals surface area (Å²) in [6.07, 6.45) is 15.2. The first-order valence-corrected chi connectivity index (χ1v) is 7.79. The molecule has 2 aliphatic carbocycles. The first-order chi connectivity index (χ1) is 7.79. The number of unbranched alkanes of at least 4 members (excludes halogenated alkanes) is 1. The second kappa shape index (κ2) is 6.07. The number of rotatable bonds is 4. The Kier molecular flexibility index (Phi) is 4.73. The maximum Gasteiger partial charge on any atom is -0.0383 e. The predicted molar refractivity (Wildman–Crippen MR) is 71.5 cm³/mol. The van der Waals surface area contributed by atoms with E-state index in [9.17, 15) is 0 Å². The van der Waals surface area contributed by atoms with Crippen LogP contribution >= 0.6 is 0 Å². The standard InChI is InChI=1S/C16H30/c1-3-4-5-14-7-10-15(11-8-14)16-9-6-13(2)12-16/h13-16H,3-12H2,1-2H3. The summed E-state index contributed by atoms with van der Waals surface area (Å²) < 4.78 is 0. The molecule has 94 valence electrons. The number of hydrogen-bond donors (Lipinski definition) is 0. The van der Waals surface area contributed by atoms with E-state index in [0.29, 0.717) is 0 Å². The molecule has 0 aromatic carbocycles. The summed E-state index contributed by atoms with van der Waals surface area (Å²) in [7, 11) is 0. The van der Waals surface area contributed by atoms with E-state index in [2.05, 4.69) is 13.8 Å². The molecule has 16 heavy (non-hydrogen) atoms. The Bertz CT molecular complexity index is 188. The molecule has 0 radical (unpaired) electrons. The maximum absolute atomic E-state index is 2.45. The molecule has 2 fully saturated rings. The van der Waals surface area contributed by atoms with Gasteiger partial charge < -0.3 is 0 Å². The molecule has 0 N–H and O–H groups in total. The zero-order valence-corrected chi connectivity index (χ0v) is 11.4. The van der Waals surface area contributed by atoms with Crippen LogP contribution in [0.4, 0.5) is 0 Å². The van der Waals surface area contributed by atoms with Crippen molar-refractivity contribution in [2.45, 2.75) is 78.1 Å². The SMILES string of the molecule is CCCCC1CCC(C2CCC(C)C2)CC1. The fourth-order valence-electron chi connectivity index (χ4n) is 4.12. The first-order valence-electron chi connectivity index (χ1n) is 7.79. The third-order valence-corrected chi connectivity index (χ3v) is 5.26. The van der Waals surface area contributed by atoms with Crippen molar-refractivity contribution in [3.63, 3.8) is 0 Å². The van der Waals surface area contributed by atoms with Crippen LogP contribution in [-0.4, -0.2) is 0 Å². The fraction of sp³-hybridized carbons (Fsp3) is 1.00. The van der Waals surface area contributed by atoms with Crippen LogP contribution in [0.3, 0.4) is 0 Å². The molecule has 0 amide bonds. The number of hydrogen-bond acceptors (Lipinski definition) is 0. The zero-order chi connectivity index (χ0) is 11.4. The van der Waals surface area contributed by atoms with Crippen molar-refractivity contribution in [3.8, 4) is 0 Å². The minimum Gasteiger partial charge on any atom is -0.0654 e. The van der Waals surface area contributed by atoms with Gasteiger partial charge in [0, 0.05) is 0 Å². The molecular formula is C16H30. The lowest BCUT2D eigenvalue weighted by molar-refractivity contribution is 0.195. The summed E-state index contributed by atoms with van der Waals surface area (Å²) in [5.41, 5.74) is 0. The van der Waals surface area contributed by atoms with Gasteiger partial charge in [0.25, 0.3) is 0 Å². The topological polar surface area (TPSA) is 0 Å². The van der Waals surface area contributed by atoms with Crippen molar-refractivity contribution in [1.82, 2.24) is 0 Å². The zero-order valence-electron chi connectivity index (χ0n) is 11.4. The van der Waals surface area contributed by atoms with Gasteiger partial charge >= 0.3 is 0 Å². The van der Waals surface area contributed by atoms with Crippen molar-refractivity contribution in [1.29, 1.82) is 0 Å². The average Bonchev–Trinajstić information content (AvgIpc) is 2.74. The smallest absolute Gasteiger partial charge is 0.0383 e. The molecule has 0 bridgehead atoms. The summed E-state index contributed by atoms with van der Waals surface area (Å²) in [6, 6.07) is 0. The van der Waals surface area contributed by atoms with E-state index in [1.54, 1.807) is 38.5 Å². The van der Waals surface area contributed by atoms with Gasteiger partial charge in [-0.3, -0.25) is 0 Å². The molecular weight excluding hydrogens is 192 g/mol. The molecule has 2 unspecified atom stereocenters. The molecule has 0 heterocycles. The van der Waals surface area contributed by atoms with Crippen LogP contribution in [0.25, 0.3) is 0 Å². The Hall–Kier alpha value is 0. The first kappa shape index (κ1) is 12.5. The van der Waals surface area contributed by atoms with Crippen LogP contribution in [-0.2, 0) is 0 Å². The van der Waals surface area contributed by atoms with Crippen molar-refractivity contribution < 1.29 is 0 Å². The Morgan fingerprint density at radius 3 is 2.12 bits per heavy atom. The van der Waals surface area contributed by atoms with Crippen molar-refractivity contribution >= 4 is 0 Å². The van der Waals surface area contributed by atoms with Crippen LogP contribution < -0.4 is 0 Å². The predicted octanol–water partition coefficient (Wildman–Crippen LogP) is 5.42. The van der Waals surface area contributed by atoms with E-state index in [1.165, 1.54) is 25.7 Å². The van der Waals surface area contributed by atoms with Gasteiger partial charge in [-0.2, -0.15) is 0 Å². The second-order valence-corrected chi connectivity index (χ2v) is 6.60. The molecule has 0 nitrogen and oxygen atoms in total. The maximum atomic E-state index is 2.45. The largest absolute Gasteiger partial charge is 0.0654 e. The lowest BCUT2D eigenvalue weighted by atomic mass is 9.74. The summed E-state index contributed by atoms with van der Waals surface area (Å²) in [5, 5.41) is 0. The molecule has 0 aromatic heterocycles. The normalized spacial score (nSPS) is 40.1. The third-order valence-electron chi connectivity index (χ3n) is 5.26. The minimum absolute atomic E-state index is 1.03. The van der Waals surface area contributed by atoms with Crippen LogP contribution in [0.5, 0.6) is 0 Å². The van der Waals surface area contributed by atoms with E-state index in [-0.39, 0.29) is 0 Å². The van der Waals surface area contributed by atoms with Gasteiger partial charge in [0.05, 0.1) is 0 Å². The van der Waals surface area contributed by atoms with E-state index in [0.717, 1.165) is 23.7 Å². The average molecular weight is 222 g/mol. The summed E-state index contributed by atoms with van der Waals surface area (Å²) in [4.78, 5) is 0. The van der Waals surface area contributed by atoms with Crippen LogP contribution in [0, 0.1) is 23.7 Å². The van der Waals surface area contributed by atoms with Gasteiger partial charge in [0.2, 0.25) is 0 Å². The Balaban J connectivity index is 1.68. The Morgan fingerprint density at radius 2 is 1.56 bits per heavy atom. The van der Waals surface area contributed by atoms with Crippen molar-refractivity contribution in [2.24, 2.45) is 23.7 Å². The highest BCUT2D eigenvalue weighted by atomic mass is 14.4. The van der Waals surface area contributed by atoms with Crippen molar-refractivity contribution in [3.05, 3.63) is 0 Å². The van der Waals surface area contributed by atoms with E-state index < -0.39 is 0 Å². The summed E-state index contributed by atoms with van der Waals surface area (Å²) >= 11 is 0. The quantitative estimate of drug-likeness (QED) is 0.596. The molecule has 0 saturated heterocycles. The highest BCUT2D eigenvalue weighted by Crippen LogP contribution is 2.43. The molecule has 0 heteroatoms. The van der Waals surface area contributed by atoms with Gasteiger partial charge in [-0.15, -0.1) is 0 Å². The molecule has 2 rings (SSSR count). The van der Waals surface area contributed by atoms with Gasteiger partial charge in [-0.05, 0) is 49.4 Å². The lowest BCUT2D eigenvalue weighted by Crippen LogP contribution is -2.20. The van der Waals surface area contributed by atoms with Gasteiger partial charge in [-0.25, -0.2) is 0 Å². The van der Waals surface area contributed by atoms with Crippen LogP contribution in [0.2, 0.25) is 0 Å². The molecule has 0 spiro atoms. The van der Waals surface area contributed by atoms with Gasteiger partial charge in [-0.1, -0.05) is 52.4 Å². The summed E-state index contributed by atoms with van der Waals surface area (Å²) in [5.74, 6) is 4.35. The van der Waals surface area contributed by atoms with Crippen LogP contribution in [0.15, 0.2) is 0 Å². The molecule has 2 saturated carbocycles. The monoisotopic (exact) mass is 222 g/mol. The second-order valence-electron chi connectivity index (χ2n) is 6.60.